The van der Waals surface area contributed by atoms with E-state index in [0.29, 0.717) is 101 Å². The molecule has 144 heavy (non-hydrogen) atoms. The summed E-state index contributed by atoms with van der Waals surface area (Å²) >= 11 is 0.879. The van der Waals surface area contributed by atoms with Gasteiger partial charge in [-0.15, -0.1) is 0 Å². The first-order chi connectivity index (χ1) is 83.4. The van der Waals surface area contributed by atoms with Crippen molar-refractivity contribution in [2.75, 3.05) is 78.5 Å². The number of halogens is 12. The van der Waals surface area contributed by atoms with Crippen LogP contribution in [-0.2, 0) is 127 Å². The zero-order valence-electron chi connectivity index (χ0n) is 116. The van der Waals surface area contributed by atoms with Crippen molar-refractivity contribution >= 4 is 53.0 Å². The van der Waals surface area contributed by atoms with Gasteiger partial charge in [-0.25, -0.2) is 13.2 Å². The molecule has 762 valence electrons. The minimum absolute atomic E-state index is 0.0260. The molecule has 33 heteroatoms. The summed E-state index contributed by atoms with van der Waals surface area (Å²) < 4.78 is 491. The Balaban J connectivity index is 0.000000221. The second-order valence-corrected chi connectivity index (χ2v) is 34.5. The molecule has 0 fully saturated rings. The fraction of sp³-hybridized carbons (Fsp3) is 0.378. The Kier molecular flexibility index (Phi) is 24.2. The summed E-state index contributed by atoms with van der Waals surface area (Å²) in [5, 5.41) is -1.55. The highest BCUT2D eigenvalue weighted by atomic mass is 32.2. The average Bonchev–Trinajstić information content (AvgIpc) is 1.52. The van der Waals surface area contributed by atoms with Crippen molar-refractivity contribution in [2.24, 2.45) is 11.8 Å². The third-order valence-corrected chi connectivity index (χ3v) is 25.1. The van der Waals surface area contributed by atoms with Gasteiger partial charge in [0.25, 0.3) is 16.7 Å². The first kappa shape index (κ1) is 69.2. The number of thioether (sulfide) groups is 3. The van der Waals surface area contributed by atoms with Gasteiger partial charge in [0.15, 0.2) is 15.5 Å². The molecule has 18 nitrogen and oxygen atoms in total. The molecule has 3 heterocycles. The molecule has 2 atom stereocenters. The molecule has 0 saturated heterocycles. The monoisotopic (exact) mass is 2080 g/mol. The van der Waals surface area contributed by atoms with Crippen LogP contribution < -0.4 is 16.7 Å². The highest BCUT2D eigenvalue weighted by molar-refractivity contribution is 7.98. The lowest BCUT2D eigenvalue weighted by Gasteiger charge is -2.28. The minimum Gasteiger partial charge on any atom is -0.336 e. The second kappa shape index (κ2) is 50.3. The van der Waals surface area contributed by atoms with E-state index in [-0.39, 0.29) is 89.2 Å². The number of aromatic nitrogens is 6. The Hall–Kier alpha value is -11.9. The summed E-state index contributed by atoms with van der Waals surface area (Å²) in [5.41, 5.74) is -23.9. The smallest absolute Gasteiger partial charge is 0.336 e. The van der Waals surface area contributed by atoms with Gasteiger partial charge in [0.2, 0.25) is 17.7 Å². The first-order valence-electron chi connectivity index (χ1n) is 63.6. The van der Waals surface area contributed by atoms with E-state index < -0.39 is 350 Å². The maximum absolute atomic E-state index is 14.9. The van der Waals surface area contributed by atoms with E-state index >= 15 is 0 Å². The lowest BCUT2D eigenvalue weighted by Crippen LogP contribution is -2.40. The van der Waals surface area contributed by atoms with Crippen LogP contribution in [0.3, 0.4) is 0 Å². The van der Waals surface area contributed by atoms with Crippen LogP contribution in [0.15, 0.2) is 242 Å². The number of alkyl halides is 9. The molecule has 0 aliphatic heterocycles. The first-order valence-corrected chi connectivity index (χ1v) is 47.6. The molecule has 3 amide bonds. The largest absolute Gasteiger partial charge is 0.416 e. The van der Waals surface area contributed by atoms with Gasteiger partial charge in [-0.2, -0.15) is 54.5 Å². The van der Waals surface area contributed by atoms with E-state index in [1.165, 1.54) is 53.1 Å². The molecular weight excluding hydrogens is 1920 g/mol. The van der Waals surface area contributed by atoms with Crippen LogP contribution >= 0.6 is 35.3 Å². The Bertz CT molecular complexity index is 8600. The fourth-order valence-corrected chi connectivity index (χ4v) is 17.0. The van der Waals surface area contributed by atoms with E-state index in [4.69, 9.17) is 42.5 Å². The van der Waals surface area contributed by atoms with E-state index in [1.54, 1.807) is 18.7 Å². The van der Waals surface area contributed by atoms with Gasteiger partial charge in [-0.1, -0.05) is 236 Å². The summed E-state index contributed by atoms with van der Waals surface area (Å²) in [6.45, 7) is 2.93. The highest BCUT2D eigenvalue weighted by Crippen LogP contribution is 2.39. The zero-order chi connectivity index (χ0) is 136. The number of benzene rings is 9. The van der Waals surface area contributed by atoms with Crippen LogP contribution in [-0.4, -0.2) is 154 Å². The Morgan fingerprint density at radius 1 is 0.382 bits per heavy atom. The Morgan fingerprint density at radius 2 is 0.701 bits per heavy atom. The number of carbonyl (C=O) groups excluding carboxylic acids is 3. The van der Waals surface area contributed by atoms with Crippen molar-refractivity contribution < 1.29 is 118 Å². The molecule has 15 rings (SSSR count). The molecular formula is C111H120F12N12O6S3. The van der Waals surface area contributed by atoms with Crippen LogP contribution in [0.25, 0.3) is 33.4 Å². The maximum Gasteiger partial charge on any atom is 0.416 e. The number of fused-ring (bicyclic) bond motifs is 3. The number of nitrogens with zero attached hydrogens (tertiary/aromatic N) is 12. The van der Waals surface area contributed by atoms with Crippen molar-refractivity contribution in [3.63, 3.8) is 0 Å². The Labute approximate surface area is 896 Å². The second-order valence-electron chi connectivity index (χ2n) is 32.2. The summed E-state index contributed by atoms with van der Waals surface area (Å²) in [5.74, 6) is -10.8. The van der Waals surface area contributed by atoms with Crippen molar-refractivity contribution in [3.05, 3.63) is 350 Å². The van der Waals surface area contributed by atoms with E-state index in [2.05, 4.69) is 15.0 Å². The minimum atomic E-state index is -5.37. The van der Waals surface area contributed by atoms with Crippen LogP contribution in [0.5, 0.6) is 0 Å². The number of amides is 3. The van der Waals surface area contributed by atoms with Gasteiger partial charge in [-0.05, 0) is 242 Å². The van der Waals surface area contributed by atoms with E-state index in [9.17, 15) is 89.7 Å². The van der Waals surface area contributed by atoms with E-state index in [0.717, 1.165) is 103 Å². The number of hydrogen-bond donors (Lipinski definition) is 0. The molecule has 2 unspecified atom stereocenters. The summed E-state index contributed by atoms with van der Waals surface area (Å²) in [6.07, 6.45) is -26.1. The van der Waals surface area contributed by atoms with Crippen LogP contribution in [0, 0.1) is 36.2 Å². The molecule has 3 aromatic heterocycles. The molecule has 0 saturated carbocycles. The molecule has 0 bridgehead atoms. The lowest BCUT2D eigenvalue weighted by atomic mass is 9.98. The van der Waals surface area contributed by atoms with Gasteiger partial charge < -0.3 is 43.1 Å². The summed E-state index contributed by atoms with van der Waals surface area (Å²) in [7, 11) is 0. The Morgan fingerprint density at radius 3 is 1.06 bits per heavy atom. The third-order valence-electron chi connectivity index (χ3n) is 22.6. The van der Waals surface area contributed by atoms with Crippen LogP contribution in [0.4, 0.5) is 52.7 Å². The lowest BCUT2D eigenvalue weighted by molar-refractivity contribution is -0.138. The SMILES string of the molecule is [2H]C([2H])(Sc1nc(=O)c2c(n1CC(=O)N(CCN(CC)CC)C([2H])([2H])c1ccc(-c3ccc(C(F)(F)F)cc3)cc1)C([2H])([2H])C([2H])(C)C2([2H])[2H])c1ccc(F)cc1.[2H]c1c([2H])c(C(F)(F)F)c([2H])c([2H])c1-c1c([2H])c([2H])c(C([2H])([2H])N(CCN(CC)CC)C(=O)Cn2c(SC([2H])([2H])c3ccc(F)cc3)nc(=O)c3c2C([2H])([2H])C([2H])(C)C3([2H])[2H])c([2H])c1[2H].[2H]c1c([2H])c(C([2H])([2H])N(CCN(CC)CC)C(=O)Cn2c(SC([2H])([2H])c3ccc(F)cc3)nc(=O)c3c2CCC3)c([2H])c([2H])c1-c1c([2H])c([2H])c(C(F)(F)F)c(C)c1[2H]. The normalized spacial score (nSPS) is 20.6. The van der Waals surface area contributed by atoms with Crippen molar-refractivity contribution in [2.45, 2.75) is 197 Å². The standard InChI is InChI=1S/3C37H40F4N4O2S/c2*1-4-43(5-2)18-19-44(22-26-6-10-28(11-7-26)29-12-14-30(15-13-29)37(39,40)41)34(46)23-45-33-21-25(3)20-32(33)35(47)42-36(45)48-24-27-8-16-31(38)17-9-27;1-4-43(5-2)19-20-44(22-26-9-13-28(14-10-26)29-15-18-32(25(3)21-29)37(39,40)41)34(46)23-45-33-8-6-7-31(33)35(47)42-36(45)48-24-27-11-16-30(38)17-12-27/h2*6-17,25H,4-5,18-24H2,1-3H3;9-18,21H,4-8,19-20,22-24H2,1-3H3/i6D,7D,10D,11D,12D,13D,14D,15D,20D2,21D2,22D2,24D2,25D;20D2,21D2,22D2,24D2,25D;9D,10D,13D,14D,15D,18D,21D,22D2,24D2. The van der Waals surface area contributed by atoms with E-state index in [1.807, 2.05) is 37.5 Å². The van der Waals surface area contributed by atoms with Crippen LogP contribution in [0.1, 0.15) is 202 Å². The predicted octanol–water partition coefficient (Wildman–Crippen LogP) is 22.5. The average molecular weight is 2080 g/mol. The predicted molar refractivity (Wildman–Crippen MR) is 544 cm³/mol. The maximum atomic E-state index is 14.9. The molecule has 0 radical (unpaired) electrons. The molecule has 0 spiro atoms. The van der Waals surface area contributed by atoms with Crippen molar-refractivity contribution in [3.8, 4) is 33.4 Å². The fourth-order valence-electron chi connectivity index (χ4n) is 14.7. The topological polar surface area (TPSA) is 175 Å². The summed E-state index contributed by atoms with van der Waals surface area (Å²) in [6, 6.07) is 4.37. The number of rotatable bonds is 39. The molecule has 0 N–H and O–H groups in total. The molecule has 3 aliphatic carbocycles. The van der Waals surface area contributed by atoms with Gasteiger partial charge in [0.05, 0.1) is 45.5 Å². The van der Waals surface area contributed by atoms with Gasteiger partial charge >= 0.3 is 18.5 Å². The number of carbonyl (C=O) groups is 3. The van der Waals surface area contributed by atoms with Gasteiger partial charge in [0, 0.05) is 132 Å². The molecule has 12 aromatic rings. The van der Waals surface area contributed by atoms with Crippen LogP contribution in [0.2, 0.25) is 0 Å². The highest BCUT2D eigenvalue weighted by Gasteiger charge is 2.36. The zero-order valence-corrected chi connectivity index (χ0v) is 81.3. The van der Waals surface area contributed by atoms with Gasteiger partial charge in [-0.3, -0.25) is 28.8 Å². The number of hydrogen-bond acceptors (Lipinski definition) is 15. The quantitative estimate of drug-likeness (QED) is 0.0202. The molecule has 3 aliphatic rings. The molecule has 9 aromatic carbocycles. The summed E-state index contributed by atoms with van der Waals surface area (Å²) in [4.78, 5) is 104. The van der Waals surface area contributed by atoms with Gasteiger partial charge in [0.1, 0.15) is 37.1 Å². The van der Waals surface area contributed by atoms with Crippen molar-refractivity contribution in [1.29, 1.82) is 0 Å². The third kappa shape index (κ3) is 29.5. The number of likely N-dealkylation sites (N-methyl/N-ethyl adjacent to an activating group) is 3. The van der Waals surface area contributed by atoms with Crippen molar-refractivity contribution in [1.82, 2.24) is 58.1 Å².